The van der Waals surface area contributed by atoms with Gasteiger partial charge in [-0.05, 0) is 18.8 Å². The average molecular weight is 315 g/mol. The van der Waals surface area contributed by atoms with Crippen molar-refractivity contribution in [1.29, 1.82) is 0 Å². The summed E-state index contributed by atoms with van der Waals surface area (Å²) >= 11 is 0. The molecule has 1 aromatic heterocycles. The molecule has 6 heteroatoms. The maximum Gasteiger partial charge on any atom is 0.225 e. The Kier molecular flexibility index (Phi) is 3.52. The normalized spacial score (nSPS) is 26.8. The topological polar surface area (TPSA) is 52.6 Å². The first-order valence-electron chi connectivity index (χ1n) is 8.55. The third kappa shape index (κ3) is 2.69. The summed E-state index contributed by atoms with van der Waals surface area (Å²) in [5.41, 5.74) is 2.40. The van der Waals surface area contributed by atoms with Gasteiger partial charge in [-0.2, -0.15) is 0 Å². The van der Waals surface area contributed by atoms with Gasteiger partial charge in [0.2, 0.25) is 11.9 Å². The van der Waals surface area contributed by atoms with Crippen LogP contribution < -0.4 is 4.90 Å². The number of rotatable bonds is 3. The Morgan fingerprint density at radius 1 is 1.35 bits per heavy atom. The van der Waals surface area contributed by atoms with Crippen molar-refractivity contribution in [1.82, 2.24) is 19.8 Å². The van der Waals surface area contributed by atoms with Crippen LogP contribution in [0.4, 0.5) is 5.95 Å². The minimum absolute atomic E-state index is 0.175. The summed E-state index contributed by atoms with van der Waals surface area (Å²) in [6.45, 7) is 5.38. The minimum atomic E-state index is 0.175. The van der Waals surface area contributed by atoms with Gasteiger partial charge in [0, 0.05) is 70.9 Å². The molecule has 6 nitrogen and oxygen atoms in total. The standard InChI is InChI=1S/C17H25N5O/c1-11(23)21-9-14-15(10-21)22(7-12-4-5-12)8-13-6-18-17(20(2)3)19-16(13)14/h6,12,14-15H,4-5,7-10H2,1-3H3/t14-,15-/m0/s1. The molecule has 23 heavy (non-hydrogen) atoms. The van der Waals surface area contributed by atoms with Crippen molar-refractivity contribution in [2.45, 2.75) is 38.3 Å². The van der Waals surface area contributed by atoms with E-state index in [1.54, 1.807) is 6.92 Å². The average Bonchev–Trinajstić information content (AvgIpc) is 3.20. The Morgan fingerprint density at radius 3 is 2.78 bits per heavy atom. The predicted octanol–water partition coefficient (Wildman–Crippen LogP) is 1.08. The van der Waals surface area contributed by atoms with Crippen molar-refractivity contribution in [2.24, 2.45) is 5.92 Å². The van der Waals surface area contributed by atoms with E-state index in [1.807, 2.05) is 30.1 Å². The molecule has 0 bridgehead atoms. The second kappa shape index (κ2) is 5.44. The molecular weight excluding hydrogens is 290 g/mol. The molecular formula is C17H25N5O. The van der Waals surface area contributed by atoms with Crippen LogP contribution in [0.3, 0.4) is 0 Å². The van der Waals surface area contributed by atoms with E-state index in [0.29, 0.717) is 12.0 Å². The molecule has 0 unspecified atom stereocenters. The Bertz CT molecular complexity index is 627. The molecule has 0 N–H and O–H groups in total. The van der Waals surface area contributed by atoms with Crippen LogP contribution in [0.1, 0.15) is 36.9 Å². The summed E-state index contributed by atoms with van der Waals surface area (Å²) in [7, 11) is 3.94. The van der Waals surface area contributed by atoms with Crippen molar-refractivity contribution in [3.05, 3.63) is 17.5 Å². The molecule has 0 aromatic carbocycles. The first kappa shape index (κ1) is 14.9. The van der Waals surface area contributed by atoms with Gasteiger partial charge in [-0.3, -0.25) is 9.69 Å². The van der Waals surface area contributed by atoms with Crippen molar-refractivity contribution < 1.29 is 4.79 Å². The zero-order valence-electron chi connectivity index (χ0n) is 14.2. The lowest BCUT2D eigenvalue weighted by Crippen LogP contribution is -2.45. The van der Waals surface area contributed by atoms with Gasteiger partial charge in [0.25, 0.3) is 0 Å². The predicted molar refractivity (Wildman–Crippen MR) is 88.3 cm³/mol. The molecule has 0 radical (unpaired) electrons. The number of aromatic nitrogens is 2. The molecule has 1 saturated heterocycles. The van der Waals surface area contributed by atoms with Crippen LogP contribution in [0.25, 0.3) is 0 Å². The van der Waals surface area contributed by atoms with E-state index < -0.39 is 0 Å². The number of carbonyl (C=O) groups is 1. The molecule has 2 atom stereocenters. The van der Waals surface area contributed by atoms with Crippen LogP contribution in [0.2, 0.25) is 0 Å². The molecule has 2 fully saturated rings. The van der Waals surface area contributed by atoms with Gasteiger partial charge in [-0.15, -0.1) is 0 Å². The van der Waals surface area contributed by atoms with E-state index in [9.17, 15) is 4.79 Å². The van der Waals surface area contributed by atoms with Crippen LogP contribution in [0.5, 0.6) is 0 Å². The van der Waals surface area contributed by atoms with Gasteiger partial charge in [0.05, 0.1) is 5.69 Å². The van der Waals surface area contributed by atoms with E-state index in [4.69, 9.17) is 4.98 Å². The largest absolute Gasteiger partial charge is 0.347 e. The van der Waals surface area contributed by atoms with E-state index in [1.165, 1.54) is 18.4 Å². The summed E-state index contributed by atoms with van der Waals surface area (Å²) in [5, 5.41) is 0. The minimum Gasteiger partial charge on any atom is -0.347 e. The third-order valence-corrected chi connectivity index (χ3v) is 5.40. The third-order valence-electron chi connectivity index (χ3n) is 5.40. The number of hydrogen-bond acceptors (Lipinski definition) is 5. The fourth-order valence-electron chi connectivity index (χ4n) is 3.92. The molecule has 1 aliphatic carbocycles. The summed E-state index contributed by atoms with van der Waals surface area (Å²) in [6.07, 6.45) is 4.70. The van der Waals surface area contributed by atoms with Crippen LogP contribution in [0, 0.1) is 5.92 Å². The molecule has 1 amide bonds. The molecule has 2 aliphatic heterocycles. The van der Waals surface area contributed by atoms with E-state index in [0.717, 1.165) is 43.7 Å². The summed E-state index contributed by atoms with van der Waals surface area (Å²) in [5.74, 6) is 2.11. The smallest absolute Gasteiger partial charge is 0.225 e. The Balaban J connectivity index is 1.68. The highest BCUT2D eigenvalue weighted by atomic mass is 16.2. The lowest BCUT2D eigenvalue weighted by atomic mass is 9.90. The van der Waals surface area contributed by atoms with Crippen molar-refractivity contribution in [2.75, 3.05) is 38.6 Å². The maximum absolute atomic E-state index is 11.9. The van der Waals surface area contributed by atoms with Crippen molar-refractivity contribution >= 4 is 11.9 Å². The first-order chi connectivity index (χ1) is 11.0. The van der Waals surface area contributed by atoms with Crippen LogP contribution in [-0.2, 0) is 11.3 Å². The number of nitrogens with zero attached hydrogens (tertiary/aromatic N) is 5. The van der Waals surface area contributed by atoms with Gasteiger partial charge in [0.15, 0.2) is 0 Å². The fraction of sp³-hybridized carbons (Fsp3) is 0.706. The molecule has 124 valence electrons. The van der Waals surface area contributed by atoms with Crippen molar-refractivity contribution in [3.8, 4) is 0 Å². The zero-order chi connectivity index (χ0) is 16.1. The highest BCUT2D eigenvalue weighted by Crippen LogP contribution is 2.40. The number of likely N-dealkylation sites (tertiary alicyclic amines) is 1. The molecule has 3 heterocycles. The molecule has 3 aliphatic rings. The van der Waals surface area contributed by atoms with E-state index in [-0.39, 0.29) is 5.91 Å². The summed E-state index contributed by atoms with van der Waals surface area (Å²) in [4.78, 5) is 27.7. The highest BCUT2D eigenvalue weighted by Gasteiger charge is 2.45. The molecule has 1 saturated carbocycles. The summed E-state index contributed by atoms with van der Waals surface area (Å²) in [6, 6.07) is 0.414. The summed E-state index contributed by atoms with van der Waals surface area (Å²) < 4.78 is 0. The second-order valence-electron chi connectivity index (χ2n) is 7.45. The highest BCUT2D eigenvalue weighted by molar-refractivity contribution is 5.74. The van der Waals surface area contributed by atoms with Gasteiger partial charge in [-0.1, -0.05) is 0 Å². The number of anilines is 1. The Hall–Kier alpha value is -1.69. The SMILES string of the molecule is CC(=O)N1C[C@@H]2c3nc(N(C)C)ncc3CN(CC3CC3)[C@H]2C1. The zero-order valence-corrected chi connectivity index (χ0v) is 14.2. The lowest BCUT2D eigenvalue weighted by molar-refractivity contribution is -0.128. The van der Waals surface area contributed by atoms with Gasteiger partial charge in [0.1, 0.15) is 0 Å². The fourth-order valence-corrected chi connectivity index (χ4v) is 3.92. The number of fused-ring (bicyclic) bond motifs is 3. The van der Waals surface area contributed by atoms with Crippen LogP contribution in [0.15, 0.2) is 6.20 Å². The number of hydrogen-bond donors (Lipinski definition) is 0. The van der Waals surface area contributed by atoms with Crippen molar-refractivity contribution in [3.63, 3.8) is 0 Å². The molecule has 0 spiro atoms. The van der Waals surface area contributed by atoms with Crippen LogP contribution in [-0.4, -0.2) is 65.4 Å². The molecule has 1 aromatic rings. The molecule has 4 rings (SSSR count). The Morgan fingerprint density at radius 2 is 2.13 bits per heavy atom. The van der Waals surface area contributed by atoms with E-state index >= 15 is 0 Å². The van der Waals surface area contributed by atoms with Crippen LogP contribution >= 0.6 is 0 Å². The number of carbonyl (C=O) groups excluding carboxylic acids is 1. The van der Waals surface area contributed by atoms with Gasteiger partial charge in [-0.25, -0.2) is 9.97 Å². The second-order valence-corrected chi connectivity index (χ2v) is 7.45. The van der Waals surface area contributed by atoms with Gasteiger partial charge < -0.3 is 9.80 Å². The lowest BCUT2D eigenvalue weighted by Gasteiger charge is -2.37. The Labute approximate surface area is 137 Å². The first-order valence-corrected chi connectivity index (χ1v) is 8.55. The quantitative estimate of drug-likeness (QED) is 0.835. The van der Waals surface area contributed by atoms with Gasteiger partial charge >= 0.3 is 0 Å². The monoisotopic (exact) mass is 315 g/mol. The number of amides is 1. The maximum atomic E-state index is 11.9. The van der Waals surface area contributed by atoms with E-state index in [2.05, 4.69) is 9.88 Å².